The van der Waals surface area contributed by atoms with Crippen molar-refractivity contribution in [3.05, 3.63) is 59.2 Å². The first-order valence-electron chi connectivity index (χ1n) is 6.17. The molecule has 0 fully saturated rings. The second kappa shape index (κ2) is 6.21. The van der Waals surface area contributed by atoms with Gasteiger partial charge in [0.15, 0.2) is 0 Å². The summed E-state index contributed by atoms with van der Waals surface area (Å²) in [6.07, 6.45) is 0. The van der Waals surface area contributed by atoms with Crippen LogP contribution in [-0.4, -0.2) is 13.0 Å². The minimum atomic E-state index is -0.588. The summed E-state index contributed by atoms with van der Waals surface area (Å²) in [7, 11) is 1.44. The summed E-state index contributed by atoms with van der Waals surface area (Å²) in [6, 6.07) is 7.82. The standard InChI is InChI=1S/C15H14F2N2O2/c1-21-13-4-2-3-11(14(13)18)15(20)19-8-9-7-10(16)5-6-12(9)17/h2-7H,8,18H2,1H3,(H,19,20). The van der Waals surface area contributed by atoms with Gasteiger partial charge in [0.2, 0.25) is 0 Å². The van der Waals surface area contributed by atoms with Crippen LogP contribution in [0.15, 0.2) is 36.4 Å². The highest BCUT2D eigenvalue weighted by Gasteiger charge is 2.13. The van der Waals surface area contributed by atoms with Gasteiger partial charge in [0.05, 0.1) is 18.4 Å². The molecule has 0 bridgehead atoms. The zero-order valence-corrected chi connectivity index (χ0v) is 11.3. The molecule has 110 valence electrons. The number of benzene rings is 2. The summed E-state index contributed by atoms with van der Waals surface area (Å²) < 4.78 is 31.5. The van der Waals surface area contributed by atoms with Crippen molar-refractivity contribution >= 4 is 11.6 Å². The molecule has 0 heterocycles. The maximum absolute atomic E-state index is 13.5. The summed E-state index contributed by atoms with van der Waals surface area (Å²) in [5, 5.41) is 2.49. The van der Waals surface area contributed by atoms with E-state index in [0.717, 1.165) is 18.2 Å². The van der Waals surface area contributed by atoms with Gasteiger partial charge in [-0.15, -0.1) is 0 Å². The molecule has 0 aromatic heterocycles. The lowest BCUT2D eigenvalue weighted by Crippen LogP contribution is -2.24. The Morgan fingerprint density at radius 3 is 2.76 bits per heavy atom. The number of nitrogens with one attached hydrogen (secondary N) is 1. The van der Waals surface area contributed by atoms with Gasteiger partial charge in [0, 0.05) is 12.1 Å². The van der Waals surface area contributed by atoms with Crippen LogP contribution in [0.4, 0.5) is 14.5 Å². The number of para-hydroxylation sites is 1. The molecule has 0 saturated heterocycles. The van der Waals surface area contributed by atoms with Crippen molar-refractivity contribution in [3.63, 3.8) is 0 Å². The Morgan fingerprint density at radius 1 is 1.29 bits per heavy atom. The van der Waals surface area contributed by atoms with E-state index < -0.39 is 17.5 Å². The third-order valence-corrected chi connectivity index (χ3v) is 2.98. The van der Waals surface area contributed by atoms with Crippen LogP contribution >= 0.6 is 0 Å². The second-order valence-corrected chi connectivity index (χ2v) is 4.34. The quantitative estimate of drug-likeness (QED) is 0.851. The van der Waals surface area contributed by atoms with Crippen LogP contribution in [-0.2, 0) is 6.54 Å². The molecule has 2 rings (SSSR count). The van der Waals surface area contributed by atoms with Crippen LogP contribution in [0.3, 0.4) is 0 Å². The Balaban J connectivity index is 2.14. The largest absolute Gasteiger partial charge is 0.495 e. The van der Waals surface area contributed by atoms with Crippen molar-refractivity contribution in [2.24, 2.45) is 0 Å². The van der Waals surface area contributed by atoms with Gasteiger partial charge in [-0.3, -0.25) is 4.79 Å². The van der Waals surface area contributed by atoms with Crippen molar-refractivity contribution in [2.75, 3.05) is 12.8 Å². The number of nitrogens with two attached hydrogens (primary N) is 1. The molecule has 0 radical (unpaired) electrons. The summed E-state index contributed by atoms with van der Waals surface area (Å²) in [6.45, 7) is -0.140. The minimum absolute atomic E-state index is 0.0600. The van der Waals surface area contributed by atoms with Crippen molar-refractivity contribution in [1.29, 1.82) is 0 Å². The third-order valence-electron chi connectivity index (χ3n) is 2.98. The van der Waals surface area contributed by atoms with Gasteiger partial charge in [-0.25, -0.2) is 8.78 Å². The average molecular weight is 292 g/mol. The Labute approximate surface area is 120 Å². The zero-order chi connectivity index (χ0) is 15.4. The molecule has 0 aliphatic carbocycles. The number of carbonyl (C=O) groups is 1. The van der Waals surface area contributed by atoms with Crippen LogP contribution < -0.4 is 15.8 Å². The molecule has 0 spiro atoms. The Bertz CT molecular complexity index is 675. The number of ether oxygens (including phenoxy) is 1. The fraction of sp³-hybridized carbons (Fsp3) is 0.133. The van der Waals surface area contributed by atoms with E-state index in [1.165, 1.54) is 13.2 Å². The zero-order valence-electron chi connectivity index (χ0n) is 11.3. The number of carbonyl (C=O) groups excluding carboxylic acids is 1. The predicted molar refractivity (Wildman–Crippen MR) is 74.9 cm³/mol. The lowest BCUT2D eigenvalue weighted by molar-refractivity contribution is 0.0951. The highest BCUT2D eigenvalue weighted by molar-refractivity contribution is 6.00. The molecule has 4 nitrogen and oxygen atoms in total. The Kier molecular flexibility index (Phi) is 4.37. The summed E-state index contributed by atoms with van der Waals surface area (Å²) in [5.41, 5.74) is 6.26. The first-order chi connectivity index (χ1) is 10.0. The van der Waals surface area contributed by atoms with Crippen LogP contribution in [0.25, 0.3) is 0 Å². The summed E-state index contributed by atoms with van der Waals surface area (Å²) in [4.78, 5) is 12.0. The average Bonchev–Trinajstić information content (AvgIpc) is 2.48. The number of nitrogen functional groups attached to an aromatic ring is 1. The molecule has 1 amide bonds. The number of amides is 1. The number of hydrogen-bond donors (Lipinski definition) is 2. The molecular weight excluding hydrogens is 278 g/mol. The molecule has 2 aromatic carbocycles. The smallest absolute Gasteiger partial charge is 0.253 e. The SMILES string of the molecule is COc1cccc(C(=O)NCc2cc(F)ccc2F)c1N. The topological polar surface area (TPSA) is 64.3 Å². The molecule has 0 aliphatic heterocycles. The first-order valence-corrected chi connectivity index (χ1v) is 6.17. The van der Waals surface area contributed by atoms with E-state index in [1.54, 1.807) is 12.1 Å². The molecule has 21 heavy (non-hydrogen) atoms. The third kappa shape index (κ3) is 3.28. The maximum atomic E-state index is 13.5. The minimum Gasteiger partial charge on any atom is -0.495 e. The number of anilines is 1. The molecule has 6 heteroatoms. The number of halogens is 2. The van der Waals surface area contributed by atoms with Crippen LogP contribution in [0.1, 0.15) is 15.9 Å². The van der Waals surface area contributed by atoms with Gasteiger partial charge in [0.25, 0.3) is 5.91 Å². The van der Waals surface area contributed by atoms with Crippen molar-refractivity contribution < 1.29 is 18.3 Å². The van der Waals surface area contributed by atoms with Crippen LogP contribution in [0, 0.1) is 11.6 Å². The molecule has 0 atom stereocenters. The van der Waals surface area contributed by atoms with E-state index in [1.807, 2.05) is 0 Å². The fourth-order valence-corrected chi connectivity index (χ4v) is 1.87. The van der Waals surface area contributed by atoms with E-state index in [-0.39, 0.29) is 23.4 Å². The van der Waals surface area contributed by atoms with E-state index in [2.05, 4.69) is 5.32 Å². The highest BCUT2D eigenvalue weighted by atomic mass is 19.1. The number of hydrogen-bond acceptors (Lipinski definition) is 3. The second-order valence-electron chi connectivity index (χ2n) is 4.34. The Hall–Kier alpha value is -2.63. The van der Waals surface area contributed by atoms with Crippen molar-refractivity contribution in [2.45, 2.75) is 6.54 Å². The summed E-state index contributed by atoms with van der Waals surface area (Å²) >= 11 is 0. The number of rotatable bonds is 4. The van der Waals surface area contributed by atoms with Gasteiger partial charge in [-0.05, 0) is 30.3 Å². The lowest BCUT2D eigenvalue weighted by Gasteiger charge is -2.11. The van der Waals surface area contributed by atoms with E-state index in [0.29, 0.717) is 5.75 Å². The fourth-order valence-electron chi connectivity index (χ4n) is 1.87. The van der Waals surface area contributed by atoms with Gasteiger partial charge in [-0.2, -0.15) is 0 Å². The predicted octanol–water partition coefficient (Wildman–Crippen LogP) is 2.49. The molecule has 0 saturated carbocycles. The summed E-state index contributed by atoms with van der Waals surface area (Å²) in [5.74, 6) is -1.27. The van der Waals surface area contributed by atoms with Crippen molar-refractivity contribution in [3.8, 4) is 5.75 Å². The van der Waals surface area contributed by atoms with E-state index >= 15 is 0 Å². The molecule has 2 aromatic rings. The Morgan fingerprint density at radius 2 is 2.05 bits per heavy atom. The molecule has 0 unspecified atom stereocenters. The highest BCUT2D eigenvalue weighted by Crippen LogP contribution is 2.24. The van der Waals surface area contributed by atoms with E-state index in [9.17, 15) is 13.6 Å². The monoisotopic (exact) mass is 292 g/mol. The van der Waals surface area contributed by atoms with Gasteiger partial charge >= 0.3 is 0 Å². The van der Waals surface area contributed by atoms with Gasteiger partial charge < -0.3 is 15.8 Å². The molecule has 0 aliphatic rings. The van der Waals surface area contributed by atoms with Crippen molar-refractivity contribution in [1.82, 2.24) is 5.32 Å². The molecular formula is C15H14F2N2O2. The van der Waals surface area contributed by atoms with Gasteiger partial charge in [-0.1, -0.05) is 6.07 Å². The molecule has 3 N–H and O–H groups in total. The maximum Gasteiger partial charge on any atom is 0.253 e. The van der Waals surface area contributed by atoms with Gasteiger partial charge in [0.1, 0.15) is 17.4 Å². The number of methoxy groups -OCH3 is 1. The first kappa shape index (κ1) is 14.8. The van der Waals surface area contributed by atoms with E-state index in [4.69, 9.17) is 10.5 Å². The lowest BCUT2D eigenvalue weighted by atomic mass is 10.1. The van der Waals surface area contributed by atoms with Crippen LogP contribution in [0.5, 0.6) is 5.75 Å². The normalized spacial score (nSPS) is 10.2. The van der Waals surface area contributed by atoms with Crippen LogP contribution in [0.2, 0.25) is 0 Å².